The average molecular weight is 345 g/mol. The van der Waals surface area contributed by atoms with Crippen LogP contribution in [0.3, 0.4) is 0 Å². The van der Waals surface area contributed by atoms with Gasteiger partial charge in [0.25, 0.3) is 0 Å². The van der Waals surface area contributed by atoms with Gasteiger partial charge in [0.2, 0.25) is 5.91 Å². The van der Waals surface area contributed by atoms with E-state index in [0.29, 0.717) is 25.9 Å². The molecule has 0 radical (unpaired) electrons. The van der Waals surface area contributed by atoms with Crippen LogP contribution in [0, 0.1) is 19.3 Å². The minimum absolute atomic E-state index is 0.0210. The second-order valence-corrected chi connectivity index (χ2v) is 7.58. The Morgan fingerprint density at radius 1 is 1.24 bits per heavy atom. The van der Waals surface area contributed by atoms with Crippen molar-refractivity contribution in [1.29, 1.82) is 0 Å². The van der Waals surface area contributed by atoms with Crippen LogP contribution >= 0.6 is 0 Å². The number of hydrogen-bond acceptors (Lipinski definition) is 3. The molecule has 136 valence electrons. The number of benzene rings is 1. The van der Waals surface area contributed by atoms with Gasteiger partial charge < -0.3 is 14.7 Å². The van der Waals surface area contributed by atoms with Crippen LogP contribution in [0.1, 0.15) is 49.7 Å². The summed E-state index contributed by atoms with van der Waals surface area (Å²) in [6, 6.07) is 6.19. The molecule has 2 aliphatic rings. The molecule has 0 aromatic heterocycles. The number of piperidine rings is 1. The van der Waals surface area contributed by atoms with Gasteiger partial charge in [-0.2, -0.15) is 0 Å². The van der Waals surface area contributed by atoms with Crippen LogP contribution < -0.4 is 4.74 Å². The number of hydrogen-bond donors (Lipinski definition) is 1. The molecule has 25 heavy (non-hydrogen) atoms. The highest BCUT2D eigenvalue weighted by atomic mass is 16.5. The summed E-state index contributed by atoms with van der Waals surface area (Å²) in [4.78, 5) is 25.8. The molecule has 0 unspecified atom stereocenters. The predicted molar refractivity (Wildman–Crippen MR) is 94.7 cm³/mol. The number of amides is 1. The molecule has 0 spiro atoms. The van der Waals surface area contributed by atoms with Gasteiger partial charge >= 0.3 is 5.97 Å². The Labute approximate surface area is 149 Å². The van der Waals surface area contributed by atoms with E-state index in [4.69, 9.17) is 4.74 Å². The van der Waals surface area contributed by atoms with Crippen molar-refractivity contribution in [3.8, 4) is 5.75 Å². The van der Waals surface area contributed by atoms with Crippen LogP contribution in [0.2, 0.25) is 0 Å². The molecule has 1 aliphatic carbocycles. The summed E-state index contributed by atoms with van der Waals surface area (Å²) in [5, 5.41) is 9.39. The van der Waals surface area contributed by atoms with E-state index in [9.17, 15) is 14.7 Å². The Kier molecular flexibility index (Phi) is 5.02. The molecule has 1 aromatic rings. The summed E-state index contributed by atoms with van der Waals surface area (Å²) in [6.45, 7) is 5.37. The van der Waals surface area contributed by atoms with Gasteiger partial charge in [-0.1, -0.05) is 18.6 Å². The first-order chi connectivity index (χ1) is 11.9. The molecule has 1 saturated heterocycles. The van der Waals surface area contributed by atoms with Crippen LogP contribution in [0.4, 0.5) is 0 Å². The third kappa shape index (κ3) is 3.80. The highest BCUT2D eigenvalue weighted by Gasteiger charge is 2.46. The van der Waals surface area contributed by atoms with Crippen LogP contribution in [0.15, 0.2) is 18.2 Å². The van der Waals surface area contributed by atoms with Gasteiger partial charge in [-0.25, -0.2) is 0 Å². The number of likely N-dealkylation sites (tertiary alicyclic amines) is 1. The first-order valence-corrected chi connectivity index (χ1v) is 9.15. The molecule has 1 N–H and O–H groups in total. The second kappa shape index (κ2) is 7.06. The van der Waals surface area contributed by atoms with Gasteiger partial charge in [0.1, 0.15) is 11.9 Å². The minimum Gasteiger partial charge on any atom is -0.490 e. The minimum atomic E-state index is -0.819. The maximum absolute atomic E-state index is 12.5. The van der Waals surface area contributed by atoms with Crippen molar-refractivity contribution in [1.82, 2.24) is 4.90 Å². The van der Waals surface area contributed by atoms with E-state index in [1.54, 1.807) is 0 Å². The highest BCUT2D eigenvalue weighted by molar-refractivity contribution is 5.85. The van der Waals surface area contributed by atoms with Gasteiger partial charge in [0.05, 0.1) is 5.41 Å². The Bertz CT molecular complexity index is 658. The fourth-order valence-corrected chi connectivity index (χ4v) is 3.71. The van der Waals surface area contributed by atoms with Gasteiger partial charge in [0, 0.05) is 32.4 Å². The number of rotatable bonds is 5. The number of aryl methyl sites for hydroxylation is 2. The Morgan fingerprint density at radius 2 is 1.92 bits per heavy atom. The van der Waals surface area contributed by atoms with Crippen LogP contribution in [-0.4, -0.2) is 41.1 Å². The average Bonchev–Trinajstić information content (AvgIpc) is 2.54. The van der Waals surface area contributed by atoms with Crippen molar-refractivity contribution in [2.24, 2.45) is 5.41 Å². The molecule has 1 amide bonds. The fourth-order valence-electron chi connectivity index (χ4n) is 3.71. The topological polar surface area (TPSA) is 66.8 Å². The molecule has 1 saturated carbocycles. The predicted octanol–water partition coefficient (Wildman–Crippen LogP) is 3.32. The summed E-state index contributed by atoms with van der Waals surface area (Å²) in [5.41, 5.74) is 1.49. The monoisotopic (exact) mass is 345 g/mol. The van der Waals surface area contributed by atoms with E-state index < -0.39 is 11.4 Å². The lowest BCUT2D eigenvalue weighted by Crippen LogP contribution is -2.47. The Hall–Kier alpha value is -2.04. The third-order valence-electron chi connectivity index (χ3n) is 5.69. The van der Waals surface area contributed by atoms with Crippen molar-refractivity contribution < 1.29 is 19.4 Å². The molecule has 1 aromatic carbocycles. The fraction of sp³-hybridized carbons (Fsp3) is 0.600. The summed E-state index contributed by atoms with van der Waals surface area (Å²) in [5.74, 6) is 0.0802. The van der Waals surface area contributed by atoms with Crippen molar-refractivity contribution in [3.63, 3.8) is 0 Å². The van der Waals surface area contributed by atoms with E-state index >= 15 is 0 Å². The molecule has 5 heteroatoms. The maximum atomic E-state index is 12.5. The number of aliphatic carboxylic acids is 1. The molecule has 5 nitrogen and oxygen atoms in total. The van der Waals surface area contributed by atoms with Crippen molar-refractivity contribution in [3.05, 3.63) is 29.3 Å². The first-order valence-electron chi connectivity index (χ1n) is 9.15. The zero-order chi connectivity index (χ0) is 18.0. The number of ether oxygens (including phenoxy) is 1. The quantitative estimate of drug-likeness (QED) is 0.889. The van der Waals surface area contributed by atoms with Crippen molar-refractivity contribution in [2.45, 2.75) is 58.5 Å². The zero-order valence-electron chi connectivity index (χ0n) is 15.1. The maximum Gasteiger partial charge on any atom is 0.310 e. The molecular formula is C20H27NO4. The number of nitrogens with zero attached hydrogens (tertiary/aromatic N) is 1. The molecule has 0 bridgehead atoms. The molecule has 2 fully saturated rings. The van der Waals surface area contributed by atoms with E-state index in [0.717, 1.165) is 30.6 Å². The van der Waals surface area contributed by atoms with Crippen molar-refractivity contribution >= 4 is 11.9 Å². The van der Waals surface area contributed by atoms with E-state index in [1.807, 2.05) is 18.7 Å². The normalized spacial score (nSPS) is 20.0. The molecule has 1 aliphatic heterocycles. The summed E-state index contributed by atoms with van der Waals surface area (Å²) < 4.78 is 6.13. The van der Waals surface area contributed by atoms with Gasteiger partial charge in [0.15, 0.2) is 0 Å². The number of carboxylic acids is 1. The molecular weight excluding hydrogens is 318 g/mol. The number of carbonyl (C=O) groups excluding carboxylic acids is 1. The second-order valence-electron chi connectivity index (χ2n) is 7.58. The lowest BCUT2D eigenvalue weighted by Gasteiger charge is -2.39. The summed E-state index contributed by atoms with van der Waals surface area (Å²) in [7, 11) is 0. The molecule has 1 heterocycles. The van der Waals surface area contributed by atoms with Gasteiger partial charge in [-0.05, 0) is 43.9 Å². The Morgan fingerprint density at radius 3 is 2.48 bits per heavy atom. The van der Waals surface area contributed by atoms with Gasteiger partial charge in [-0.3, -0.25) is 9.59 Å². The van der Waals surface area contributed by atoms with Crippen LogP contribution in [0.25, 0.3) is 0 Å². The number of carbonyl (C=O) groups is 2. The zero-order valence-corrected chi connectivity index (χ0v) is 15.1. The molecule has 0 atom stereocenters. The summed E-state index contributed by atoms with van der Waals surface area (Å²) in [6.07, 6.45) is 4.00. The molecule has 3 rings (SSSR count). The lowest BCUT2D eigenvalue weighted by atomic mass is 9.66. The lowest BCUT2D eigenvalue weighted by molar-refractivity contribution is -0.160. The van der Waals surface area contributed by atoms with E-state index in [1.165, 1.54) is 5.56 Å². The third-order valence-corrected chi connectivity index (χ3v) is 5.69. The first kappa shape index (κ1) is 17.8. The van der Waals surface area contributed by atoms with E-state index in [2.05, 4.69) is 18.2 Å². The number of carboxylic acid groups (broad SMARTS) is 1. The van der Waals surface area contributed by atoms with E-state index in [-0.39, 0.29) is 18.4 Å². The highest BCUT2D eigenvalue weighted by Crippen LogP contribution is 2.44. The largest absolute Gasteiger partial charge is 0.490 e. The Balaban J connectivity index is 1.52. The van der Waals surface area contributed by atoms with Crippen LogP contribution in [-0.2, 0) is 9.59 Å². The van der Waals surface area contributed by atoms with Crippen molar-refractivity contribution in [2.75, 3.05) is 13.1 Å². The smallest absolute Gasteiger partial charge is 0.310 e. The standard InChI is InChI=1S/C20H27NO4/c1-14-4-5-15(2)17(12-14)25-16-6-10-21(11-7-16)18(22)13-20(19(23)24)8-3-9-20/h4-5,12,16H,3,6-11,13H2,1-2H3,(H,23,24). The summed E-state index contributed by atoms with van der Waals surface area (Å²) >= 11 is 0. The van der Waals surface area contributed by atoms with Gasteiger partial charge in [-0.15, -0.1) is 0 Å². The SMILES string of the molecule is Cc1ccc(C)c(OC2CCN(C(=O)CC3(C(=O)O)CCC3)CC2)c1. The van der Waals surface area contributed by atoms with Crippen LogP contribution in [0.5, 0.6) is 5.75 Å².